The summed E-state index contributed by atoms with van der Waals surface area (Å²) in [6, 6.07) is 6.59. The normalized spacial score (nSPS) is 20.8. The Balaban J connectivity index is 0.00000128. The number of halogens is 2. The van der Waals surface area contributed by atoms with E-state index in [0.29, 0.717) is 6.04 Å². The highest BCUT2D eigenvalue weighted by Gasteiger charge is 2.18. The van der Waals surface area contributed by atoms with E-state index in [9.17, 15) is 0 Å². The van der Waals surface area contributed by atoms with Crippen LogP contribution in [0, 0.1) is 6.92 Å². The van der Waals surface area contributed by atoms with Gasteiger partial charge in [-0.1, -0.05) is 23.7 Å². The van der Waals surface area contributed by atoms with Crippen LogP contribution in [0.15, 0.2) is 18.2 Å². The Labute approximate surface area is 108 Å². The number of likely N-dealkylation sites (tertiary alicyclic amines) is 1. The Morgan fingerprint density at radius 2 is 2.25 bits per heavy atom. The standard InChI is InChI=1S/C12H17ClN2.ClH/c1-9-6-10(2-3-12(9)13)7-15-5-4-11(14)8-15;/h2-3,6,11H,4-5,7-8,14H2,1H3;1H/t11-;/m0./s1. The largest absolute Gasteiger partial charge is 0.326 e. The predicted molar refractivity (Wildman–Crippen MR) is 71.3 cm³/mol. The van der Waals surface area contributed by atoms with Crippen LogP contribution >= 0.6 is 24.0 Å². The van der Waals surface area contributed by atoms with Gasteiger partial charge in [-0.2, -0.15) is 0 Å². The van der Waals surface area contributed by atoms with Gasteiger partial charge in [0.15, 0.2) is 0 Å². The highest BCUT2D eigenvalue weighted by molar-refractivity contribution is 6.31. The van der Waals surface area contributed by atoms with Gasteiger partial charge in [0.1, 0.15) is 0 Å². The van der Waals surface area contributed by atoms with Crippen LogP contribution in [0.1, 0.15) is 17.5 Å². The van der Waals surface area contributed by atoms with Crippen molar-refractivity contribution in [2.45, 2.75) is 25.9 Å². The molecule has 0 aliphatic carbocycles. The first-order chi connectivity index (χ1) is 7.15. The summed E-state index contributed by atoms with van der Waals surface area (Å²) in [5.74, 6) is 0. The number of nitrogens with two attached hydrogens (primary N) is 1. The first-order valence-electron chi connectivity index (χ1n) is 5.38. The van der Waals surface area contributed by atoms with Gasteiger partial charge in [-0.05, 0) is 30.5 Å². The van der Waals surface area contributed by atoms with Crippen LogP contribution < -0.4 is 5.73 Å². The minimum Gasteiger partial charge on any atom is -0.326 e. The molecule has 1 aliphatic heterocycles. The second-order valence-electron chi connectivity index (χ2n) is 4.37. The van der Waals surface area contributed by atoms with Crippen LogP contribution in [0.4, 0.5) is 0 Å². The van der Waals surface area contributed by atoms with E-state index in [0.717, 1.165) is 36.6 Å². The van der Waals surface area contributed by atoms with E-state index in [1.165, 1.54) is 5.56 Å². The molecule has 2 rings (SSSR count). The van der Waals surface area contributed by atoms with Gasteiger partial charge in [0, 0.05) is 30.7 Å². The summed E-state index contributed by atoms with van der Waals surface area (Å²) in [6.07, 6.45) is 1.12. The lowest BCUT2D eigenvalue weighted by molar-refractivity contribution is 0.327. The monoisotopic (exact) mass is 260 g/mol. The summed E-state index contributed by atoms with van der Waals surface area (Å²) in [7, 11) is 0. The topological polar surface area (TPSA) is 29.3 Å². The molecule has 1 fully saturated rings. The Hall–Kier alpha value is -0.280. The fourth-order valence-corrected chi connectivity index (χ4v) is 2.19. The SMILES string of the molecule is Cc1cc(CN2CC[C@H](N)C2)ccc1Cl.Cl. The molecular formula is C12H18Cl2N2. The Morgan fingerprint density at radius 1 is 1.50 bits per heavy atom. The first-order valence-corrected chi connectivity index (χ1v) is 5.76. The van der Waals surface area contributed by atoms with Crippen LogP contribution in [0.2, 0.25) is 5.02 Å². The summed E-state index contributed by atoms with van der Waals surface area (Å²) < 4.78 is 0. The first kappa shape index (κ1) is 13.8. The van der Waals surface area contributed by atoms with Crippen LogP contribution in [-0.2, 0) is 6.54 Å². The molecule has 2 nitrogen and oxygen atoms in total. The van der Waals surface area contributed by atoms with E-state index in [1.807, 2.05) is 13.0 Å². The number of nitrogens with zero attached hydrogens (tertiary/aromatic N) is 1. The average molecular weight is 261 g/mol. The van der Waals surface area contributed by atoms with Gasteiger partial charge in [0.2, 0.25) is 0 Å². The molecule has 0 bridgehead atoms. The maximum absolute atomic E-state index is 5.99. The summed E-state index contributed by atoms with van der Waals surface area (Å²) in [4.78, 5) is 2.40. The summed E-state index contributed by atoms with van der Waals surface area (Å²) >= 11 is 5.99. The minimum atomic E-state index is 0. The van der Waals surface area contributed by atoms with E-state index in [2.05, 4.69) is 17.0 Å². The summed E-state index contributed by atoms with van der Waals surface area (Å²) in [6.45, 7) is 5.16. The van der Waals surface area contributed by atoms with E-state index >= 15 is 0 Å². The van der Waals surface area contributed by atoms with E-state index in [4.69, 9.17) is 17.3 Å². The smallest absolute Gasteiger partial charge is 0.0435 e. The van der Waals surface area contributed by atoms with E-state index in [-0.39, 0.29) is 12.4 Å². The summed E-state index contributed by atoms with van der Waals surface area (Å²) in [5, 5.41) is 0.844. The molecule has 90 valence electrons. The molecule has 1 atom stereocenters. The zero-order valence-electron chi connectivity index (χ0n) is 9.45. The Kier molecular flexibility index (Phi) is 5.06. The molecule has 0 saturated carbocycles. The highest BCUT2D eigenvalue weighted by Crippen LogP contribution is 2.18. The van der Waals surface area contributed by atoms with Crippen molar-refractivity contribution in [3.8, 4) is 0 Å². The molecular weight excluding hydrogens is 243 g/mol. The zero-order chi connectivity index (χ0) is 10.8. The van der Waals surface area contributed by atoms with E-state index < -0.39 is 0 Å². The van der Waals surface area contributed by atoms with E-state index in [1.54, 1.807) is 0 Å². The van der Waals surface area contributed by atoms with Crippen molar-refractivity contribution in [2.75, 3.05) is 13.1 Å². The fraction of sp³-hybridized carbons (Fsp3) is 0.500. The maximum Gasteiger partial charge on any atom is 0.0435 e. The molecule has 1 aromatic rings. The third-order valence-corrected chi connectivity index (χ3v) is 3.36. The lowest BCUT2D eigenvalue weighted by atomic mass is 10.1. The van der Waals surface area contributed by atoms with Crippen molar-refractivity contribution in [1.82, 2.24) is 4.90 Å². The van der Waals surface area contributed by atoms with Crippen LogP contribution in [-0.4, -0.2) is 24.0 Å². The third kappa shape index (κ3) is 3.36. The molecule has 4 heteroatoms. The van der Waals surface area contributed by atoms with Gasteiger partial charge in [0.05, 0.1) is 0 Å². The molecule has 1 heterocycles. The summed E-state index contributed by atoms with van der Waals surface area (Å²) in [5.41, 5.74) is 8.35. The molecule has 1 saturated heterocycles. The van der Waals surface area contributed by atoms with Crippen molar-refractivity contribution in [1.29, 1.82) is 0 Å². The lowest BCUT2D eigenvalue weighted by Gasteiger charge is -2.15. The van der Waals surface area contributed by atoms with Gasteiger partial charge >= 0.3 is 0 Å². The molecule has 0 radical (unpaired) electrons. The fourth-order valence-electron chi connectivity index (χ4n) is 2.07. The molecule has 16 heavy (non-hydrogen) atoms. The van der Waals surface area contributed by atoms with Crippen molar-refractivity contribution in [2.24, 2.45) is 5.73 Å². The van der Waals surface area contributed by atoms with Gasteiger partial charge in [0.25, 0.3) is 0 Å². The molecule has 0 unspecified atom stereocenters. The van der Waals surface area contributed by atoms with Gasteiger partial charge < -0.3 is 5.73 Å². The number of benzene rings is 1. The Morgan fingerprint density at radius 3 is 2.81 bits per heavy atom. The molecule has 0 aromatic heterocycles. The van der Waals surface area contributed by atoms with Gasteiger partial charge in [-0.25, -0.2) is 0 Å². The second kappa shape index (κ2) is 5.87. The molecule has 1 aliphatic rings. The third-order valence-electron chi connectivity index (χ3n) is 2.94. The van der Waals surface area contributed by atoms with Crippen LogP contribution in [0.25, 0.3) is 0 Å². The highest BCUT2D eigenvalue weighted by atomic mass is 35.5. The number of hydrogen-bond acceptors (Lipinski definition) is 2. The number of aryl methyl sites for hydroxylation is 1. The Bertz CT molecular complexity index is 355. The predicted octanol–water partition coefficient (Wildman–Crippen LogP) is 2.60. The van der Waals surface area contributed by atoms with Crippen molar-refractivity contribution in [3.05, 3.63) is 34.3 Å². The molecule has 0 spiro atoms. The quantitative estimate of drug-likeness (QED) is 0.886. The molecule has 1 aromatic carbocycles. The molecule has 2 N–H and O–H groups in total. The van der Waals surface area contributed by atoms with Crippen molar-refractivity contribution >= 4 is 24.0 Å². The average Bonchev–Trinajstić information content (AvgIpc) is 2.58. The number of rotatable bonds is 2. The van der Waals surface area contributed by atoms with Crippen LogP contribution in [0.3, 0.4) is 0 Å². The van der Waals surface area contributed by atoms with Crippen molar-refractivity contribution < 1.29 is 0 Å². The van der Waals surface area contributed by atoms with Gasteiger partial charge in [-0.15, -0.1) is 12.4 Å². The van der Waals surface area contributed by atoms with Gasteiger partial charge in [-0.3, -0.25) is 4.90 Å². The van der Waals surface area contributed by atoms with Crippen molar-refractivity contribution in [3.63, 3.8) is 0 Å². The van der Waals surface area contributed by atoms with Crippen LogP contribution in [0.5, 0.6) is 0 Å². The lowest BCUT2D eigenvalue weighted by Crippen LogP contribution is -2.26. The number of hydrogen-bond donors (Lipinski definition) is 1. The second-order valence-corrected chi connectivity index (χ2v) is 4.77. The minimum absolute atomic E-state index is 0. The molecule has 0 amide bonds. The zero-order valence-corrected chi connectivity index (χ0v) is 11.0. The maximum atomic E-state index is 5.99.